The summed E-state index contributed by atoms with van der Waals surface area (Å²) in [5.74, 6) is -0.0938. The first-order valence-electron chi connectivity index (χ1n) is 6.50. The third-order valence-electron chi connectivity index (χ3n) is 3.66. The van der Waals surface area contributed by atoms with Gasteiger partial charge in [-0.25, -0.2) is 0 Å². The third-order valence-corrected chi connectivity index (χ3v) is 4.77. The second-order valence-electron chi connectivity index (χ2n) is 5.01. The maximum absolute atomic E-state index is 11.6. The zero-order chi connectivity index (χ0) is 14.4. The Bertz CT molecular complexity index is 713. The predicted molar refractivity (Wildman–Crippen MR) is 75.4 cm³/mol. The smallest absolute Gasteiger partial charge is 0.608 e. The topological polar surface area (TPSA) is 78.4 Å². The average molecular weight is 300 g/mol. The van der Waals surface area contributed by atoms with E-state index in [4.69, 9.17) is 9.31 Å². The second-order valence-corrected chi connectivity index (χ2v) is 6.02. The van der Waals surface area contributed by atoms with Gasteiger partial charge in [-0.3, -0.25) is 9.59 Å². The summed E-state index contributed by atoms with van der Waals surface area (Å²) in [6.07, 6.45) is 0.234. The molecule has 4 rings (SSSR count). The second kappa shape index (κ2) is 4.32. The summed E-state index contributed by atoms with van der Waals surface area (Å²) in [6, 6.07) is 9.56. The van der Waals surface area contributed by atoms with E-state index < -0.39 is 6.55 Å². The molecule has 2 saturated heterocycles. The molecule has 6 nitrogen and oxygen atoms in total. The molecule has 0 aliphatic carbocycles. The maximum Gasteiger partial charge on any atom is 0.618 e. The third kappa shape index (κ3) is 1.83. The minimum Gasteiger partial charge on any atom is -0.608 e. The van der Waals surface area contributed by atoms with E-state index in [0.29, 0.717) is 15.7 Å². The first-order chi connectivity index (χ1) is 10.2. The average Bonchev–Trinajstić information content (AvgIpc) is 3.12. The van der Waals surface area contributed by atoms with Gasteiger partial charge in [0.15, 0.2) is 0 Å². The summed E-state index contributed by atoms with van der Waals surface area (Å²) in [7, 11) is 0. The minimum absolute atomic E-state index is 0.117. The Morgan fingerprint density at radius 3 is 2.38 bits per heavy atom. The molecule has 0 radical (unpaired) electrons. The number of hydrogen-bond donors (Lipinski definition) is 0. The van der Waals surface area contributed by atoms with Gasteiger partial charge in [0, 0.05) is 11.4 Å². The first kappa shape index (κ1) is 12.4. The van der Waals surface area contributed by atoms with Gasteiger partial charge in [-0.15, -0.1) is 16.4 Å². The zero-order valence-corrected chi connectivity index (χ0v) is 11.6. The van der Waals surface area contributed by atoms with Gasteiger partial charge in [-0.2, -0.15) is 5.10 Å². The lowest BCUT2D eigenvalue weighted by atomic mass is 9.49. The van der Waals surface area contributed by atoms with Gasteiger partial charge in [-0.1, -0.05) is 30.3 Å². The standard InChI is InChI=1S/C13H9BN2O4S/c17-10-6-9-7-11(18)20-14(9,19-10)13-16-15-12(21-13)8-4-2-1-3-5-8/h1-5H,6-7H2. The number of aromatic nitrogens is 2. The lowest BCUT2D eigenvalue weighted by molar-refractivity contribution is -0.138. The zero-order valence-electron chi connectivity index (χ0n) is 10.8. The van der Waals surface area contributed by atoms with Crippen molar-refractivity contribution in [3.8, 4) is 10.6 Å². The molecule has 2 fully saturated rings. The van der Waals surface area contributed by atoms with Crippen molar-refractivity contribution in [2.24, 2.45) is 0 Å². The van der Waals surface area contributed by atoms with Crippen LogP contribution in [0.2, 0.25) is 0 Å². The fourth-order valence-electron chi connectivity index (χ4n) is 2.71. The highest BCUT2D eigenvalue weighted by molar-refractivity contribution is 7.27. The van der Waals surface area contributed by atoms with Crippen molar-refractivity contribution >= 4 is 34.7 Å². The fraction of sp³-hybridized carbons (Fsp3) is 0.154. The molecule has 0 N–H and O–H groups in total. The van der Waals surface area contributed by atoms with Crippen LogP contribution >= 0.6 is 11.3 Å². The molecular formula is C13H9BN2O4S. The summed E-state index contributed by atoms with van der Waals surface area (Å²) >= 11 is 1.28. The van der Waals surface area contributed by atoms with Gasteiger partial charge in [0.2, 0.25) is 0 Å². The fourth-order valence-corrected chi connectivity index (χ4v) is 3.74. The molecule has 1 aromatic carbocycles. The summed E-state index contributed by atoms with van der Waals surface area (Å²) in [4.78, 5) is 23.6. The summed E-state index contributed by atoms with van der Waals surface area (Å²) < 4.78 is 10.7. The molecule has 1 aromatic heterocycles. The molecule has 0 bridgehead atoms. The van der Waals surface area contributed by atoms with Crippen LogP contribution in [0.3, 0.4) is 0 Å². The van der Waals surface area contributed by atoms with E-state index >= 15 is 0 Å². The summed E-state index contributed by atoms with van der Waals surface area (Å²) in [5, 5.41) is 8.92. The van der Waals surface area contributed by atoms with Crippen LogP contribution in [0.5, 0.6) is 0 Å². The monoisotopic (exact) mass is 300 g/mol. The van der Waals surface area contributed by atoms with Crippen molar-refractivity contribution in [1.29, 1.82) is 0 Å². The van der Waals surface area contributed by atoms with E-state index in [-0.39, 0.29) is 24.8 Å². The predicted octanol–water partition coefficient (Wildman–Crippen LogP) is 0.862. The van der Waals surface area contributed by atoms with Crippen molar-refractivity contribution in [3.05, 3.63) is 36.1 Å². The molecule has 0 spiro atoms. The van der Waals surface area contributed by atoms with Crippen LogP contribution in [-0.4, -0.2) is 28.7 Å². The molecule has 3 heterocycles. The Balaban J connectivity index is 1.75. The van der Waals surface area contributed by atoms with Crippen molar-refractivity contribution < 1.29 is 18.9 Å². The Morgan fingerprint density at radius 1 is 1.05 bits per heavy atom. The van der Waals surface area contributed by atoms with Gasteiger partial charge < -0.3 is 9.31 Å². The lowest BCUT2D eigenvalue weighted by Crippen LogP contribution is -2.52. The molecule has 8 heteroatoms. The van der Waals surface area contributed by atoms with Gasteiger partial charge in [0.25, 0.3) is 0 Å². The highest BCUT2D eigenvalue weighted by atomic mass is 32.1. The van der Waals surface area contributed by atoms with Gasteiger partial charge >= 0.3 is 18.5 Å². The summed E-state index contributed by atoms with van der Waals surface area (Å²) in [6.45, 7) is -2.21. The van der Waals surface area contributed by atoms with E-state index in [2.05, 4.69) is 10.2 Å². The maximum atomic E-state index is 11.6. The van der Waals surface area contributed by atoms with E-state index in [1.807, 2.05) is 30.3 Å². The van der Waals surface area contributed by atoms with E-state index in [1.165, 1.54) is 11.3 Å². The van der Waals surface area contributed by atoms with Crippen LogP contribution in [-0.2, 0) is 18.9 Å². The Labute approximate surface area is 124 Å². The number of carbonyl (C=O) groups excluding carboxylic acids is 2. The minimum atomic E-state index is -2.21. The van der Waals surface area contributed by atoms with Crippen LogP contribution in [0.1, 0.15) is 12.8 Å². The van der Waals surface area contributed by atoms with E-state index in [1.54, 1.807) is 0 Å². The number of benzene rings is 1. The SMILES string of the molecule is O=C1C[C+]2CC(=O)O[B-]2(c2nnc(-c3ccccc3)s2)O1. The van der Waals surface area contributed by atoms with Crippen LogP contribution in [0.25, 0.3) is 10.6 Å². The van der Waals surface area contributed by atoms with Crippen molar-refractivity contribution in [3.63, 3.8) is 0 Å². The highest BCUT2D eigenvalue weighted by Gasteiger charge is 2.68. The van der Waals surface area contributed by atoms with Crippen molar-refractivity contribution in [2.45, 2.75) is 12.8 Å². The lowest BCUT2D eigenvalue weighted by Gasteiger charge is -2.21. The molecule has 0 saturated carbocycles. The molecule has 2 aliphatic rings. The van der Waals surface area contributed by atoms with Crippen LogP contribution in [0.15, 0.2) is 30.3 Å². The Kier molecular flexibility index (Phi) is 2.55. The van der Waals surface area contributed by atoms with Crippen molar-refractivity contribution in [2.75, 3.05) is 0 Å². The number of fused-ring (bicyclic) bond motifs is 1. The van der Waals surface area contributed by atoms with Gasteiger partial charge in [-0.05, 0) is 0 Å². The number of hydrogen-bond acceptors (Lipinski definition) is 7. The van der Waals surface area contributed by atoms with E-state index in [0.717, 1.165) is 5.56 Å². The number of rotatable bonds is 2. The molecule has 0 atom stereocenters. The summed E-state index contributed by atoms with van der Waals surface area (Å²) in [5.41, 5.74) is 0.920. The molecule has 0 unspecified atom stereocenters. The normalized spacial score (nSPS) is 19.3. The number of carbonyl (C=O) groups is 2. The largest absolute Gasteiger partial charge is 0.618 e. The van der Waals surface area contributed by atoms with Gasteiger partial charge in [0.1, 0.15) is 22.8 Å². The quantitative estimate of drug-likeness (QED) is 0.604. The molecule has 21 heavy (non-hydrogen) atoms. The molecule has 104 valence electrons. The molecule has 2 aromatic rings. The van der Waals surface area contributed by atoms with Crippen molar-refractivity contribution in [1.82, 2.24) is 10.2 Å². The van der Waals surface area contributed by atoms with Gasteiger partial charge in [0.05, 0.1) is 0 Å². The molecular weight excluding hydrogens is 291 g/mol. The molecule has 2 aliphatic heterocycles. The molecule has 0 amide bonds. The Morgan fingerprint density at radius 2 is 1.71 bits per heavy atom. The van der Waals surface area contributed by atoms with E-state index in [9.17, 15) is 9.59 Å². The van der Waals surface area contributed by atoms with Crippen LogP contribution in [0, 0.1) is 5.82 Å². The number of nitrogens with zero attached hydrogens (tertiary/aromatic N) is 2. The first-order valence-corrected chi connectivity index (χ1v) is 7.31. The van der Waals surface area contributed by atoms with Crippen LogP contribution in [0.4, 0.5) is 0 Å². The highest BCUT2D eigenvalue weighted by Crippen LogP contribution is 2.40. The Hall–Kier alpha value is -2.35. The van der Waals surface area contributed by atoms with Crippen LogP contribution < -0.4 is 4.91 Å².